The van der Waals surface area contributed by atoms with Gasteiger partial charge in [0.2, 0.25) is 15.9 Å². The van der Waals surface area contributed by atoms with Gasteiger partial charge in [0.15, 0.2) is 0 Å². The third-order valence-electron chi connectivity index (χ3n) is 5.60. The van der Waals surface area contributed by atoms with Crippen molar-refractivity contribution in [3.63, 3.8) is 0 Å². The van der Waals surface area contributed by atoms with Gasteiger partial charge in [0.1, 0.15) is 0 Å². The molecule has 0 aromatic heterocycles. The Morgan fingerprint density at radius 2 is 1.65 bits per heavy atom. The molecule has 0 saturated heterocycles. The fourth-order valence-electron chi connectivity index (χ4n) is 3.42. The minimum atomic E-state index is -3.43. The SMILES string of the molecule is Cc1ccc(N(CCCC(=O)N[C@@H](C)c2ccc(C(C)(C)C)cc2)S(C)(=O)=O)cc1C. The Hall–Kier alpha value is -2.34. The first-order valence-electron chi connectivity index (χ1n) is 10.7. The Morgan fingerprint density at radius 3 is 2.16 bits per heavy atom. The van der Waals surface area contributed by atoms with Crippen LogP contribution in [-0.2, 0) is 20.2 Å². The number of hydrogen-bond donors (Lipinski definition) is 1. The number of carbonyl (C=O) groups is 1. The average molecular weight is 445 g/mol. The van der Waals surface area contributed by atoms with Crippen molar-refractivity contribution in [3.8, 4) is 0 Å². The highest BCUT2D eigenvalue weighted by molar-refractivity contribution is 7.92. The highest BCUT2D eigenvalue weighted by Gasteiger charge is 2.19. The lowest BCUT2D eigenvalue weighted by Crippen LogP contribution is -2.32. The fraction of sp³-hybridized carbons (Fsp3) is 0.480. The van der Waals surface area contributed by atoms with Crippen molar-refractivity contribution < 1.29 is 13.2 Å². The molecule has 0 spiro atoms. The number of nitrogens with zero attached hydrogens (tertiary/aromatic N) is 1. The lowest BCUT2D eigenvalue weighted by atomic mass is 9.86. The lowest BCUT2D eigenvalue weighted by molar-refractivity contribution is -0.121. The van der Waals surface area contributed by atoms with Crippen LogP contribution in [0.4, 0.5) is 5.69 Å². The Balaban J connectivity index is 1.95. The first-order chi connectivity index (χ1) is 14.3. The summed E-state index contributed by atoms with van der Waals surface area (Å²) in [5, 5.41) is 3.02. The number of anilines is 1. The predicted octanol–water partition coefficient (Wildman–Crippen LogP) is 5.02. The molecule has 2 aromatic rings. The first-order valence-corrected chi connectivity index (χ1v) is 12.6. The molecule has 0 fully saturated rings. The van der Waals surface area contributed by atoms with E-state index in [1.165, 1.54) is 16.1 Å². The zero-order valence-electron chi connectivity index (χ0n) is 19.8. The van der Waals surface area contributed by atoms with E-state index in [-0.39, 0.29) is 30.3 Å². The summed E-state index contributed by atoms with van der Waals surface area (Å²) < 4.78 is 26.0. The van der Waals surface area contributed by atoms with Gasteiger partial charge in [-0.05, 0) is 67.0 Å². The quantitative estimate of drug-likeness (QED) is 0.621. The van der Waals surface area contributed by atoms with Crippen molar-refractivity contribution in [1.82, 2.24) is 5.32 Å². The van der Waals surface area contributed by atoms with E-state index < -0.39 is 10.0 Å². The van der Waals surface area contributed by atoms with Crippen LogP contribution in [0.25, 0.3) is 0 Å². The summed E-state index contributed by atoms with van der Waals surface area (Å²) in [5.74, 6) is -0.0825. The van der Waals surface area contributed by atoms with E-state index in [4.69, 9.17) is 0 Å². The average Bonchev–Trinajstić information content (AvgIpc) is 2.66. The Morgan fingerprint density at radius 1 is 1.03 bits per heavy atom. The van der Waals surface area contributed by atoms with Gasteiger partial charge in [0.25, 0.3) is 0 Å². The van der Waals surface area contributed by atoms with Gasteiger partial charge >= 0.3 is 0 Å². The van der Waals surface area contributed by atoms with Crippen LogP contribution in [0.5, 0.6) is 0 Å². The topological polar surface area (TPSA) is 66.5 Å². The number of hydrogen-bond acceptors (Lipinski definition) is 3. The van der Waals surface area contributed by atoms with Gasteiger partial charge in [0.05, 0.1) is 18.0 Å². The van der Waals surface area contributed by atoms with Gasteiger partial charge < -0.3 is 5.32 Å². The van der Waals surface area contributed by atoms with E-state index in [1.54, 1.807) is 0 Å². The van der Waals surface area contributed by atoms with Gasteiger partial charge in [-0.25, -0.2) is 8.42 Å². The number of nitrogens with one attached hydrogen (secondary N) is 1. The van der Waals surface area contributed by atoms with Crippen LogP contribution < -0.4 is 9.62 Å². The molecule has 5 nitrogen and oxygen atoms in total. The van der Waals surface area contributed by atoms with E-state index in [1.807, 2.05) is 39.0 Å². The van der Waals surface area contributed by atoms with Crippen molar-refractivity contribution in [1.29, 1.82) is 0 Å². The van der Waals surface area contributed by atoms with Gasteiger partial charge in [0, 0.05) is 13.0 Å². The monoisotopic (exact) mass is 444 g/mol. The summed E-state index contributed by atoms with van der Waals surface area (Å²) in [6, 6.07) is 13.8. The van der Waals surface area contributed by atoms with Crippen molar-refractivity contribution in [3.05, 3.63) is 64.7 Å². The molecule has 0 unspecified atom stereocenters. The fourth-order valence-corrected chi connectivity index (χ4v) is 4.38. The molecule has 0 saturated carbocycles. The molecule has 0 aliphatic carbocycles. The highest BCUT2D eigenvalue weighted by atomic mass is 32.2. The maximum absolute atomic E-state index is 12.4. The van der Waals surface area contributed by atoms with Crippen LogP contribution in [-0.4, -0.2) is 27.1 Å². The molecule has 1 amide bonds. The number of aryl methyl sites for hydroxylation is 2. The second-order valence-electron chi connectivity index (χ2n) is 9.37. The summed E-state index contributed by atoms with van der Waals surface area (Å²) in [6.45, 7) is 12.7. The molecule has 0 aliphatic heterocycles. The summed E-state index contributed by atoms with van der Waals surface area (Å²) in [6.07, 6.45) is 1.91. The number of carbonyl (C=O) groups excluding carboxylic acids is 1. The molecule has 31 heavy (non-hydrogen) atoms. The normalized spacial score (nSPS) is 13.0. The van der Waals surface area contributed by atoms with E-state index in [0.717, 1.165) is 16.7 Å². The number of amides is 1. The minimum absolute atomic E-state index is 0.0825. The second kappa shape index (κ2) is 9.86. The molecule has 170 valence electrons. The maximum Gasteiger partial charge on any atom is 0.232 e. The highest BCUT2D eigenvalue weighted by Crippen LogP contribution is 2.24. The zero-order chi connectivity index (χ0) is 23.4. The summed E-state index contributed by atoms with van der Waals surface area (Å²) >= 11 is 0. The number of sulfonamides is 1. The smallest absolute Gasteiger partial charge is 0.232 e. The van der Waals surface area contributed by atoms with Crippen molar-refractivity contribution in [2.45, 2.75) is 65.8 Å². The molecule has 0 aliphatic rings. The van der Waals surface area contributed by atoms with Crippen LogP contribution >= 0.6 is 0 Å². The van der Waals surface area contributed by atoms with Crippen LogP contribution in [0.2, 0.25) is 0 Å². The van der Waals surface area contributed by atoms with E-state index in [9.17, 15) is 13.2 Å². The first kappa shape index (κ1) is 24.9. The van der Waals surface area contributed by atoms with Gasteiger partial charge in [-0.1, -0.05) is 51.1 Å². The van der Waals surface area contributed by atoms with Gasteiger partial charge in [-0.3, -0.25) is 9.10 Å². The molecule has 1 N–H and O–H groups in total. The van der Waals surface area contributed by atoms with Crippen LogP contribution in [0.1, 0.15) is 68.8 Å². The molecule has 2 rings (SSSR count). The minimum Gasteiger partial charge on any atom is -0.350 e. The van der Waals surface area contributed by atoms with E-state index in [0.29, 0.717) is 12.1 Å². The van der Waals surface area contributed by atoms with E-state index in [2.05, 4.69) is 50.4 Å². The molecule has 6 heteroatoms. The Bertz CT molecular complexity index is 1010. The summed E-state index contributed by atoms with van der Waals surface area (Å²) in [5.41, 5.74) is 5.18. The third-order valence-corrected chi connectivity index (χ3v) is 6.79. The molecular weight excluding hydrogens is 408 g/mol. The maximum atomic E-state index is 12.4. The van der Waals surface area contributed by atoms with E-state index >= 15 is 0 Å². The lowest BCUT2D eigenvalue weighted by Gasteiger charge is -2.23. The molecule has 0 heterocycles. The summed E-state index contributed by atoms with van der Waals surface area (Å²) in [4.78, 5) is 12.4. The molecule has 2 aromatic carbocycles. The molecule has 1 atom stereocenters. The van der Waals surface area contributed by atoms with Crippen molar-refractivity contribution in [2.75, 3.05) is 17.1 Å². The standard InChI is InChI=1S/C25H36N2O3S/c1-18-10-15-23(17-19(18)2)27(31(7,29)30)16-8-9-24(28)26-20(3)21-11-13-22(14-12-21)25(4,5)6/h10-15,17,20H,8-9,16H2,1-7H3,(H,26,28)/t20-/m0/s1. The summed E-state index contributed by atoms with van der Waals surface area (Å²) in [7, 11) is -3.43. The predicted molar refractivity (Wildman–Crippen MR) is 129 cm³/mol. The van der Waals surface area contributed by atoms with Gasteiger partial charge in [-0.15, -0.1) is 0 Å². The van der Waals surface area contributed by atoms with Crippen molar-refractivity contribution >= 4 is 21.6 Å². The van der Waals surface area contributed by atoms with Crippen LogP contribution in [0, 0.1) is 13.8 Å². The Kier molecular flexibility index (Phi) is 7.93. The number of benzene rings is 2. The molecular formula is C25H36N2O3S. The van der Waals surface area contributed by atoms with Crippen molar-refractivity contribution in [2.24, 2.45) is 0 Å². The zero-order valence-corrected chi connectivity index (χ0v) is 20.6. The van der Waals surface area contributed by atoms with Crippen LogP contribution in [0.15, 0.2) is 42.5 Å². The van der Waals surface area contributed by atoms with Gasteiger partial charge in [-0.2, -0.15) is 0 Å². The molecule has 0 radical (unpaired) electrons. The Labute approximate surface area is 187 Å². The van der Waals surface area contributed by atoms with Crippen LogP contribution in [0.3, 0.4) is 0 Å². The third kappa shape index (κ3) is 7.10. The largest absolute Gasteiger partial charge is 0.350 e. The number of rotatable bonds is 8. The molecule has 0 bridgehead atoms. The second-order valence-corrected chi connectivity index (χ2v) is 11.3.